The summed E-state index contributed by atoms with van der Waals surface area (Å²) < 4.78 is 15.4. The van der Waals surface area contributed by atoms with Crippen LogP contribution in [0.4, 0.5) is 0 Å². The SMILES string of the molecule is COC(C)(OC)[SiH2]C1=CCC2C(=O)OC(=O)C2C1. The molecular weight excluding hydrogens is 252 g/mol. The van der Waals surface area contributed by atoms with Crippen LogP contribution in [0.2, 0.25) is 0 Å². The number of cyclic esters (lactones) is 2. The van der Waals surface area contributed by atoms with Gasteiger partial charge in [-0.1, -0.05) is 11.3 Å². The second kappa shape index (κ2) is 4.95. The maximum Gasteiger partial charge on any atom is 0.317 e. The van der Waals surface area contributed by atoms with E-state index in [2.05, 4.69) is 10.8 Å². The Morgan fingerprint density at radius 3 is 2.50 bits per heavy atom. The Labute approximate surface area is 108 Å². The Kier molecular flexibility index (Phi) is 3.70. The van der Waals surface area contributed by atoms with Crippen molar-refractivity contribution in [1.82, 2.24) is 0 Å². The maximum atomic E-state index is 11.6. The first kappa shape index (κ1) is 13.4. The van der Waals surface area contributed by atoms with Crippen LogP contribution in [0.3, 0.4) is 0 Å². The van der Waals surface area contributed by atoms with E-state index < -0.39 is 14.9 Å². The van der Waals surface area contributed by atoms with Gasteiger partial charge in [0.1, 0.15) is 14.9 Å². The molecule has 2 unspecified atom stereocenters. The summed E-state index contributed by atoms with van der Waals surface area (Å²) in [4.78, 5) is 23.0. The standard InChI is InChI=1S/C12H18O5Si/c1-12(15-2,16-3)18-7-4-5-8-9(6-7)11(14)17-10(8)13/h4,8-9H,5-6,18H2,1-3H3. The van der Waals surface area contributed by atoms with Gasteiger partial charge >= 0.3 is 11.9 Å². The van der Waals surface area contributed by atoms with Gasteiger partial charge in [0.2, 0.25) is 0 Å². The van der Waals surface area contributed by atoms with Crippen LogP contribution >= 0.6 is 0 Å². The summed E-state index contributed by atoms with van der Waals surface area (Å²) in [5.41, 5.74) is -0.550. The lowest BCUT2D eigenvalue weighted by Crippen LogP contribution is -2.39. The van der Waals surface area contributed by atoms with Crippen molar-refractivity contribution in [2.75, 3.05) is 14.2 Å². The third-order valence-corrected chi connectivity index (χ3v) is 6.10. The Bertz CT molecular complexity index is 399. The zero-order valence-corrected chi connectivity index (χ0v) is 12.3. The molecule has 2 atom stereocenters. The number of carbonyl (C=O) groups is 2. The predicted molar refractivity (Wildman–Crippen MR) is 66.4 cm³/mol. The number of hydrogen-bond donors (Lipinski definition) is 0. The first-order chi connectivity index (χ1) is 8.49. The highest BCUT2D eigenvalue weighted by atomic mass is 28.2. The summed E-state index contributed by atoms with van der Waals surface area (Å²) in [6.07, 6.45) is 3.27. The van der Waals surface area contributed by atoms with Gasteiger partial charge in [0.15, 0.2) is 0 Å². The van der Waals surface area contributed by atoms with Gasteiger partial charge in [0.05, 0.1) is 11.8 Å². The molecule has 0 radical (unpaired) electrons. The lowest BCUT2D eigenvalue weighted by atomic mass is 9.85. The summed E-state index contributed by atoms with van der Waals surface area (Å²) in [5, 5.41) is 1.22. The van der Waals surface area contributed by atoms with Crippen molar-refractivity contribution >= 4 is 21.5 Å². The molecule has 0 aromatic heterocycles. The second-order valence-electron chi connectivity index (χ2n) is 4.97. The van der Waals surface area contributed by atoms with Crippen LogP contribution in [0.1, 0.15) is 19.8 Å². The van der Waals surface area contributed by atoms with Crippen LogP contribution in [0.5, 0.6) is 0 Å². The number of carbonyl (C=O) groups excluding carboxylic acids is 2. The molecule has 0 aromatic carbocycles. The summed E-state index contributed by atoms with van der Waals surface area (Å²) >= 11 is 0. The molecule has 0 aromatic rings. The van der Waals surface area contributed by atoms with Crippen LogP contribution in [0, 0.1) is 11.8 Å². The topological polar surface area (TPSA) is 61.8 Å². The minimum Gasteiger partial charge on any atom is -0.393 e. The van der Waals surface area contributed by atoms with Gasteiger partial charge in [-0.15, -0.1) is 0 Å². The minimum absolute atomic E-state index is 0.272. The Morgan fingerprint density at radius 2 is 1.89 bits per heavy atom. The number of esters is 2. The monoisotopic (exact) mass is 270 g/mol. The molecule has 2 aliphatic rings. The molecule has 5 nitrogen and oxygen atoms in total. The molecule has 0 N–H and O–H groups in total. The van der Waals surface area contributed by atoms with Crippen LogP contribution < -0.4 is 0 Å². The highest BCUT2D eigenvalue weighted by Gasteiger charge is 2.46. The fourth-order valence-corrected chi connectivity index (χ4v) is 4.39. The summed E-state index contributed by atoms with van der Waals surface area (Å²) in [6, 6.07) is 0. The molecule has 0 amide bonds. The minimum atomic E-state index is -0.795. The van der Waals surface area contributed by atoms with Crippen molar-refractivity contribution in [3.8, 4) is 0 Å². The molecule has 0 bridgehead atoms. The summed E-state index contributed by atoms with van der Waals surface area (Å²) in [6.45, 7) is 1.91. The Balaban J connectivity index is 2.08. The largest absolute Gasteiger partial charge is 0.393 e. The van der Waals surface area contributed by atoms with E-state index in [9.17, 15) is 9.59 Å². The van der Waals surface area contributed by atoms with E-state index in [0.717, 1.165) is 0 Å². The molecule has 6 heteroatoms. The van der Waals surface area contributed by atoms with E-state index in [-0.39, 0.29) is 23.8 Å². The van der Waals surface area contributed by atoms with Crippen LogP contribution in [-0.2, 0) is 23.8 Å². The normalized spacial score (nSPS) is 28.5. The third kappa shape index (κ3) is 2.41. The first-order valence-corrected chi connectivity index (χ1v) is 7.44. The smallest absolute Gasteiger partial charge is 0.317 e. The number of allylic oxidation sites excluding steroid dienone is 2. The average molecular weight is 270 g/mol. The lowest BCUT2D eigenvalue weighted by Gasteiger charge is -2.29. The Morgan fingerprint density at radius 1 is 1.28 bits per heavy atom. The molecule has 0 spiro atoms. The Hall–Kier alpha value is -0.983. The van der Waals surface area contributed by atoms with Crippen LogP contribution in [-0.4, -0.2) is 41.1 Å². The van der Waals surface area contributed by atoms with Gasteiger partial charge in [-0.05, 0) is 19.8 Å². The molecule has 1 aliphatic carbocycles. The molecule has 1 saturated heterocycles. The quantitative estimate of drug-likeness (QED) is 0.314. The van der Waals surface area contributed by atoms with Gasteiger partial charge in [-0.2, -0.15) is 0 Å². The summed E-state index contributed by atoms with van der Waals surface area (Å²) in [7, 11) is 2.45. The molecule has 100 valence electrons. The zero-order valence-electron chi connectivity index (χ0n) is 10.9. The number of fused-ring (bicyclic) bond motifs is 1. The zero-order chi connectivity index (χ0) is 13.3. The van der Waals surface area contributed by atoms with Crippen molar-refractivity contribution in [2.45, 2.75) is 25.2 Å². The second-order valence-corrected chi connectivity index (χ2v) is 7.52. The molecule has 0 saturated carbocycles. The van der Waals surface area contributed by atoms with E-state index >= 15 is 0 Å². The van der Waals surface area contributed by atoms with Crippen LogP contribution in [0.15, 0.2) is 11.3 Å². The van der Waals surface area contributed by atoms with E-state index in [1.165, 1.54) is 5.20 Å². The van der Waals surface area contributed by atoms with Crippen molar-refractivity contribution in [3.05, 3.63) is 11.3 Å². The fraction of sp³-hybridized carbons (Fsp3) is 0.667. The number of hydrogen-bond acceptors (Lipinski definition) is 5. The molecule has 18 heavy (non-hydrogen) atoms. The van der Waals surface area contributed by atoms with Crippen LogP contribution in [0.25, 0.3) is 0 Å². The number of methoxy groups -OCH3 is 2. The summed E-state index contributed by atoms with van der Waals surface area (Å²) in [5.74, 6) is -1.31. The van der Waals surface area contributed by atoms with E-state index in [1.54, 1.807) is 14.2 Å². The number of rotatable bonds is 4. The maximum absolute atomic E-state index is 11.6. The average Bonchev–Trinajstić information content (AvgIpc) is 2.65. The molecule has 1 fully saturated rings. The highest BCUT2D eigenvalue weighted by Crippen LogP contribution is 2.36. The third-order valence-electron chi connectivity index (χ3n) is 3.85. The van der Waals surface area contributed by atoms with Gasteiger partial charge in [0.25, 0.3) is 0 Å². The lowest BCUT2D eigenvalue weighted by molar-refractivity contribution is -0.153. The van der Waals surface area contributed by atoms with Gasteiger partial charge in [0, 0.05) is 14.2 Å². The van der Waals surface area contributed by atoms with Crippen molar-refractivity contribution < 1.29 is 23.8 Å². The van der Waals surface area contributed by atoms with Crippen molar-refractivity contribution in [1.29, 1.82) is 0 Å². The molecule has 2 rings (SSSR count). The van der Waals surface area contributed by atoms with E-state index in [1.807, 2.05) is 6.92 Å². The van der Waals surface area contributed by atoms with E-state index in [4.69, 9.17) is 9.47 Å². The molecule has 1 heterocycles. The van der Waals surface area contributed by atoms with Gasteiger partial charge < -0.3 is 14.2 Å². The van der Waals surface area contributed by atoms with E-state index in [0.29, 0.717) is 12.8 Å². The predicted octanol–water partition coefficient (Wildman–Crippen LogP) is 0.115. The molecule has 1 aliphatic heterocycles. The van der Waals surface area contributed by atoms with Crippen molar-refractivity contribution in [2.24, 2.45) is 11.8 Å². The first-order valence-electron chi connectivity index (χ1n) is 6.03. The molecular formula is C12H18O5Si. The highest BCUT2D eigenvalue weighted by molar-refractivity contribution is 6.48. The van der Waals surface area contributed by atoms with Crippen molar-refractivity contribution in [3.63, 3.8) is 0 Å². The van der Waals surface area contributed by atoms with Gasteiger partial charge in [-0.3, -0.25) is 9.59 Å². The fourth-order valence-electron chi connectivity index (χ4n) is 2.51. The number of ether oxygens (including phenoxy) is 3. The van der Waals surface area contributed by atoms with Gasteiger partial charge in [-0.25, -0.2) is 0 Å².